The van der Waals surface area contributed by atoms with Crippen LogP contribution in [0.25, 0.3) is 0 Å². The van der Waals surface area contributed by atoms with Gasteiger partial charge in [-0.3, -0.25) is 4.79 Å². The predicted molar refractivity (Wildman–Crippen MR) is 60.0 cm³/mol. The van der Waals surface area contributed by atoms with E-state index in [0.29, 0.717) is 13.0 Å². The normalized spacial score (nSPS) is 12.8. The summed E-state index contributed by atoms with van der Waals surface area (Å²) in [6.45, 7) is 10.6. The minimum Gasteiger partial charge on any atom is -0.344 e. The molecule has 0 aromatic rings. The van der Waals surface area contributed by atoms with E-state index in [1.165, 1.54) is 0 Å². The summed E-state index contributed by atoms with van der Waals surface area (Å²) in [5, 5.41) is 0. The van der Waals surface area contributed by atoms with Crippen molar-refractivity contribution in [2.45, 2.75) is 46.6 Å². The molecule has 0 saturated carbocycles. The van der Waals surface area contributed by atoms with Crippen molar-refractivity contribution in [2.24, 2.45) is 11.1 Å². The zero-order chi connectivity index (χ0) is 11.6. The maximum absolute atomic E-state index is 11.7. The highest BCUT2D eigenvalue weighted by Gasteiger charge is 2.22. The zero-order valence-electron chi connectivity index (χ0n) is 10.3. The first-order chi connectivity index (χ1) is 6.01. The van der Waals surface area contributed by atoms with Crippen molar-refractivity contribution in [3.63, 3.8) is 0 Å². The molecule has 0 aliphatic carbocycles. The van der Waals surface area contributed by atoms with Crippen molar-refractivity contribution < 1.29 is 4.79 Å². The monoisotopic (exact) mass is 200 g/mol. The summed E-state index contributed by atoms with van der Waals surface area (Å²) in [7, 11) is 1.81. The van der Waals surface area contributed by atoms with E-state index in [2.05, 4.69) is 20.8 Å². The second kappa shape index (κ2) is 4.30. The quantitative estimate of drug-likeness (QED) is 0.752. The SMILES string of the molecule is CN(CC(C)(C)N)C(=O)CC(C)(C)C. The molecule has 1 amide bonds. The third kappa shape index (κ3) is 6.89. The van der Waals surface area contributed by atoms with E-state index in [0.717, 1.165) is 0 Å². The highest BCUT2D eigenvalue weighted by atomic mass is 16.2. The predicted octanol–water partition coefficient (Wildman–Crippen LogP) is 1.62. The van der Waals surface area contributed by atoms with Crippen LogP contribution in [0.2, 0.25) is 0 Å². The molecule has 0 radical (unpaired) electrons. The van der Waals surface area contributed by atoms with E-state index in [-0.39, 0.29) is 16.9 Å². The Bertz CT molecular complexity index is 198. The number of hydrogen-bond donors (Lipinski definition) is 1. The molecular weight excluding hydrogens is 176 g/mol. The molecule has 0 rings (SSSR count). The van der Waals surface area contributed by atoms with Crippen molar-refractivity contribution >= 4 is 5.91 Å². The molecular formula is C11H24N2O. The second-order valence-electron chi connectivity index (χ2n) is 5.98. The van der Waals surface area contributed by atoms with Gasteiger partial charge in [0, 0.05) is 25.6 Å². The molecule has 0 aliphatic rings. The lowest BCUT2D eigenvalue weighted by Crippen LogP contribution is -2.46. The number of hydrogen-bond acceptors (Lipinski definition) is 2. The van der Waals surface area contributed by atoms with Gasteiger partial charge in [0.05, 0.1) is 0 Å². The number of nitrogens with two attached hydrogens (primary N) is 1. The Balaban J connectivity index is 4.15. The van der Waals surface area contributed by atoms with E-state index in [9.17, 15) is 4.79 Å². The highest BCUT2D eigenvalue weighted by Crippen LogP contribution is 2.19. The summed E-state index contributed by atoms with van der Waals surface area (Å²) >= 11 is 0. The molecule has 0 fully saturated rings. The number of carbonyl (C=O) groups is 1. The van der Waals surface area contributed by atoms with Gasteiger partial charge in [-0.05, 0) is 19.3 Å². The largest absolute Gasteiger partial charge is 0.344 e. The number of likely N-dealkylation sites (N-methyl/N-ethyl adjacent to an activating group) is 1. The molecule has 0 aromatic heterocycles. The van der Waals surface area contributed by atoms with Gasteiger partial charge in [-0.25, -0.2) is 0 Å². The lowest BCUT2D eigenvalue weighted by molar-refractivity contribution is -0.132. The van der Waals surface area contributed by atoms with Crippen LogP contribution in [0.5, 0.6) is 0 Å². The third-order valence-electron chi connectivity index (χ3n) is 1.75. The van der Waals surface area contributed by atoms with Gasteiger partial charge < -0.3 is 10.6 Å². The Kier molecular flexibility index (Phi) is 4.13. The number of rotatable bonds is 3. The molecule has 14 heavy (non-hydrogen) atoms. The molecule has 0 aliphatic heterocycles. The van der Waals surface area contributed by atoms with Crippen molar-refractivity contribution in [3.05, 3.63) is 0 Å². The standard InChI is InChI=1S/C11H24N2O/c1-10(2,3)7-9(14)13(6)8-11(4,5)12/h7-8,12H2,1-6H3. The molecule has 3 heteroatoms. The number of nitrogens with zero attached hydrogens (tertiary/aromatic N) is 1. The molecule has 0 bridgehead atoms. The summed E-state index contributed by atoms with van der Waals surface area (Å²) in [5.74, 6) is 0.163. The van der Waals surface area contributed by atoms with Gasteiger partial charge in [-0.1, -0.05) is 20.8 Å². The van der Waals surface area contributed by atoms with Crippen LogP contribution >= 0.6 is 0 Å². The Morgan fingerprint density at radius 3 is 1.93 bits per heavy atom. The van der Waals surface area contributed by atoms with Crippen LogP contribution in [0, 0.1) is 5.41 Å². The maximum atomic E-state index is 11.7. The first-order valence-corrected chi connectivity index (χ1v) is 5.04. The number of amides is 1. The molecule has 84 valence electrons. The summed E-state index contributed by atoms with van der Waals surface area (Å²) in [6.07, 6.45) is 0.569. The molecule has 0 spiro atoms. The molecule has 0 atom stereocenters. The molecule has 0 unspecified atom stereocenters. The second-order valence-corrected chi connectivity index (χ2v) is 5.98. The molecule has 2 N–H and O–H groups in total. The van der Waals surface area contributed by atoms with Gasteiger partial charge in [0.2, 0.25) is 5.91 Å². The third-order valence-corrected chi connectivity index (χ3v) is 1.75. The van der Waals surface area contributed by atoms with Crippen molar-refractivity contribution in [1.29, 1.82) is 0 Å². The van der Waals surface area contributed by atoms with E-state index in [1.807, 2.05) is 20.9 Å². The van der Waals surface area contributed by atoms with Gasteiger partial charge >= 0.3 is 0 Å². The van der Waals surface area contributed by atoms with Crippen molar-refractivity contribution in [2.75, 3.05) is 13.6 Å². The van der Waals surface area contributed by atoms with Crippen LogP contribution in [0.4, 0.5) is 0 Å². The molecule has 0 saturated heterocycles. The topological polar surface area (TPSA) is 46.3 Å². The van der Waals surface area contributed by atoms with Gasteiger partial charge in [0.1, 0.15) is 0 Å². The average molecular weight is 200 g/mol. The van der Waals surface area contributed by atoms with Crippen LogP contribution < -0.4 is 5.73 Å². The molecule has 0 aromatic carbocycles. The van der Waals surface area contributed by atoms with E-state index >= 15 is 0 Å². The van der Waals surface area contributed by atoms with Crippen LogP contribution in [-0.4, -0.2) is 29.9 Å². The van der Waals surface area contributed by atoms with Crippen LogP contribution in [-0.2, 0) is 4.79 Å². The van der Waals surface area contributed by atoms with E-state index in [4.69, 9.17) is 5.73 Å². The fourth-order valence-corrected chi connectivity index (χ4v) is 1.29. The van der Waals surface area contributed by atoms with E-state index in [1.54, 1.807) is 4.90 Å². The lowest BCUT2D eigenvalue weighted by Gasteiger charge is -2.29. The smallest absolute Gasteiger partial charge is 0.222 e. The molecule has 0 heterocycles. The average Bonchev–Trinajstić information content (AvgIpc) is 1.78. The Morgan fingerprint density at radius 1 is 1.21 bits per heavy atom. The fourth-order valence-electron chi connectivity index (χ4n) is 1.29. The van der Waals surface area contributed by atoms with Gasteiger partial charge in [-0.15, -0.1) is 0 Å². The summed E-state index contributed by atoms with van der Waals surface area (Å²) in [5.41, 5.74) is 5.57. The lowest BCUT2D eigenvalue weighted by atomic mass is 9.91. The van der Waals surface area contributed by atoms with Crippen LogP contribution in [0.15, 0.2) is 0 Å². The fraction of sp³-hybridized carbons (Fsp3) is 0.909. The maximum Gasteiger partial charge on any atom is 0.222 e. The Morgan fingerprint density at radius 2 is 1.64 bits per heavy atom. The minimum absolute atomic E-state index is 0.0457. The van der Waals surface area contributed by atoms with Crippen molar-refractivity contribution in [3.8, 4) is 0 Å². The van der Waals surface area contributed by atoms with Gasteiger partial charge in [-0.2, -0.15) is 0 Å². The first kappa shape index (κ1) is 13.4. The summed E-state index contributed by atoms with van der Waals surface area (Å²) < 4.78 is 0. The van der Waals surface area contributed by atoms with Crippen molar-refractivity contribution in [1.82, 2.24) is 4.90 Å². The Hall–Kier alpha value is -0.570. The van der Waals surface area contributed by atoms with Gasteiger partial charge in [0.15, 0.2) is 0 Å². The minimum atomic E-state index is -0.317. The van der Waals surface area contributed by atoms with Gasteiger partial charge in [0.25, 0.3) is 0 Å². The summed E-state index contributed by atoms with van der Waals surface area (Å²) in [4.78, 5) is 13.4. The zero-order valence-corrected chi connectivity index (χ0v) is 10.3. The highest BCUT2D eigenvalue weighted by molar-refractivity contribution is 5.76. The first-order valence-electron chi connectivity index (χ1n) is 5.04. The summed E-state index contributed by atoms with van der Waals surface area (Å²) in [6, 6.07) is 0. The Labute approximate surface area is 87.6 Å². The van der Waals surface area contributed by atoms with Crippen LogP contribution in [0.3, 0.4) is 0 Å². The van der Waals surface area contributed by atoms with Crippen LogP contribution in [0.1, 0.15) is 41.0 Å². The number of carbonyl (C=O) groups excluding carboxylic acids is 1. The molecule has 3 nitrogen and oxygen atoms in total. The van der Waals surface area contributed by atoms with E-state index < -0.39 is 0 Å².